The number of benzene rings is 3. The molecule has 6 nitrogen and oxygen atoms in total. The molecule has 0 aliphatic rings. The smallest absolute Gasteiger partial charge is 0.252 e. The van der Waals surface area contributed by atoms with Crippen LogP contribution in [0, 0.1) is 11.8 Å². The van der Waals surface area contributed by atoms with Crippen molar-refractivity contribution in [2.75, 3.05) is 5.73 Å². The van der Waals surface area contributed by atoms with E-state index in [1.807, 2.05) is 12.1 Å². The van der Waals surface area contributed by atoms with Crippen LogP contribution in [-0.2, 0) is 10.0 Å². The zero-order chi connectivity index (χ0) is 21.2. The number of carbonyl (C=O) groups excluding carboxylic acids is 1. The van der Waals surface area contributed by atoms with Crippen molar-refractivity contribution in [2.45, 2.75) is 4.90 Å². The first kappa shape index (κ1) is 20.6. The maximum atomic E-state index is 12.3. The second kappa shape index (κ2) is 8.09. The molecule has 146 valence electrons. The van der Waals surface area contributed by atoms with Gasteiger partial charge >= 0.3 is 0 Å². The Labute approximate surface area is 176 Å². The minimum absolute atomic E-state index is 0.0364. The van der Waals surface area contributed by atoms with Gasteiger partial charge in [0.05, 0.1) is 11.3 Å². The lowest BCUT2D eigenvalue weighted by Crippen LogP contribution is -2.24. The van der Waals surface area contributed by atoms with E-state index in [0.717, 1.165) is 4.47 Å². The molecule has 0 atom stereocenters. The average Bonchev–Trinajstić information content (AvgIpc) is 2.66. The molecule has 0 saturated carbocycles. The fourth-order valence-corrected chi connectivity index (χ4v) is 4.19. The van der Waals surface area contributed by atoms with Gasteiger partial charge in [-0.25, -0.2) is 13.6 Å². The Hall–Kier alpha value is -3.12. The summed E-state index contributed by atoms with van der Waals surface area (Å²) in [6, 6.07) is 17.6. The molecule has 29 heavy (non-hydrogen) atoms. The summed E-state index contributed by atoms with van der Waals surface area (Å²) in [6.45, 7) is 0. The molecular weight excluding hydrogens is 454 g/mol. The number of sulfonamides is 1. The number of nitrogens with two attached hydrogens (primary N) is 3. The van der Waals surface area contributed by atoms with Crippen LogP contribution in [0.4, 0.5) is 5.69 Å². The third-order valence-electron chi connectivity index (χ3n) is 4.10. The number of amides is 1. The molecule has 0 aliphatic heterocycles. The van der Waals surface area contributed by atoms with Crippen molar-refractivity contribution in [3.8, 4) is 23.0 Å². The van der Waals surface area contributed by atoms with E-state index in [2.05, 4.69) is 27.8 Å². The summed E-state index contributed by atoms with van der Waals surface area (Å²) in [7, 11) is -4.34. The molecular formula is C21H16BrN3O3S. The van der Waals surface area contributed by atoms with Crippen LogP contribution in [0.25, 0.3) is 11.1 Å². The summed E-state index contributed by atoms with van der Waals surface area (Å²) in [4.78, 5) is 11.6. The molecule has 3 aromatic carbocycles. The number of primary amides is 1. The van der Waals surface area contributed by atoms with Gasteiger partial charge in [-0.1, -0.05) is 64.2 Å². The second-order valence-corrected chi connectivity index (χ2v) is 8.54. The van der Waals surface area contributed by atoms with E-state index in [-0.39, 0.29) is 16.8 Å². The van der Waals surface area contributed by atoms with E-state index >= 15 is 0 Å². The van der Waals surface area contributed by atoms with Gasteiger partial charge in [0.15, 0.2) is 0 Å². The number of anilines is 1. The number of nitrogen functional groups attached to an aromatic ring is 1. The normalized spacial score (nSPS) is 10.8. The van der Waals surface area contributed by atoms with E-state index in [4.69, 9.17) is 16.6 Å². The quantitative estimate of drug-likeness (QED) is 0.402. The molecule has 3 aromatic rings. The predicted molar refractivity (Wildman–Crippen MR) is 116 cm³/mol. The first-order valence-corrected chi connectivity index (χ1v) is 10.6. The number of hydrogen-bond acceptors (Lipinski definition) is 4. The Bertz CT molecular complexity index is 1280. The number of rotatable bonds is 3. The summed E-state index contributed by atoms with van der Waals surface area (Å²) in [5.74, 6) is 4.68. The molecule has 1 amide bonds. The molecule has 0 bridgehead atoms. The van der Waals surface area contributed by atoms with Crippen molar-refractivity contribution >= 4 is 37.5 Å². The Morgan fingerprint density at radius 2 is 1.66 bits per heavy atom. The van der Waals surface area contributed by atoms with Crippen LogP contribution in [0.5, 0.6) is 0 Å². The Morgan fingerprint density at radius 1 is 0.966 bits per heavy atom. The largest absolute Gasteiger partial charge is 0.398 e. The summed E-state index contributed by atoms with van der Waals surface area (Å²) in [6.07, 6.45) is 0. The summed E-state index contributed by atoms with van der Waals surface area (Å²) in [5.41, 5.74) is 12.9. The van der Waals surface area contributed by atoms with Crippen LogP contribution in [0.15, 0.2) is 70.0 Å². The van der Waals surface area contributed by atoms with Crippen molar-refractivity contribution < 1.29 is 13.2 Å². The fraction of sp³-hybridized carbons (Fsp3) is 0. The van der Waals surface area contributed by atoms with Crippen LogP contribution >= 0.6 is 15.9 Å². The molecule has 6 N–H and O–H groups in total. The highest BCUT2D eigenvalue weighted by molar-refractivity contribution is 9.10. The molecule has 0 saturated heterocycles. The van der Waals surface area contributed by atoms with E-state index in [0.29, 0.717) is 16.7 Å². The van der Waals surface area contributed by atoms with Crippen molar-refractivity contribution in [1.29, 1.82) is 0 Å². The zero-order valence-electron chi connectivity index (χ0n) is 15.0. The van der Waals surface area contributed by atoms with Gasteiger partial charge in [-0.15, -0.1) is 0 Å². The summed E-state index contributed by atoms with van der Waals surface area (Å²) in [5, 5.41) is 5.38. The Balaban J connectivity index is 2.37. The van der Waals surface area contributed by atoms with Crippen molar-refractivity contribution in [2.24, 2.45) is 10.9 Å². The number of hydrogen-bond donors (Lipinski definition) is 3. The summed E-state index contributed by atoms with van der Waals surface area (Å²) < 4.78 is 25.4. The second-order valence-electron chi connectivity index (χ2n) is 6.13. The standard InChI is InChI=1S/C21H16BrN3O3S/c22-16-8-4-5-13(11-16)9-10-15-12-17(14-6-2-1-3-7-14)19(23)18(21(24)26)20(15)29(25,27)28/h1-8,11-12H,23H2,(H2,24,26)(H2,25,27,28). The van der Waals surface area contributed by atoms with E-state index < -0.39 is 20.8 Å². The lowest BCUT2D eigenvalue weighted by atomic mass is 9.96. The maximum Gasteiger partial charge on any atom is 0.252 e. The molecule has 0 spiro atoms. The third kappa shape index (κ3) is 4.49. The highest BCUT2D eigenvalue weighted by atomic mass is 79.9. The topological polar surface area (TPSA) is 129 Å². The van der Waals surface area contributed by atoms with Gasteiger partial charge in [0, 0.05) is 21.2 Å². The molecule has 8 heteroatoms. The minimum Gasteiger partial charge on any atom is -0.398 e. The van der Waals surface area contributed by atoms with Gasteiger partial charge in [0.1, 0.15) is 4.90 Å². The van der Waals surface area contributed by atoms with Crippen LogP contribution in [-0.4, -0.2) is 14.3 Å². The third-order valence-corrected chi connectivity index (χ3v) is 5.59. The van der Waals surface area contributed by atoms with Crippen LogP contribution in [0.2, 0.25) is 0 Å². The van der Waals surface area contributed by atoms with Crippen LogP contribution in [0.3, 0.4) is 0 Å². The Morgan fingerprint density at radius 3 is 2.24 bits per heavy atom. The van der Waals surface area contributed by atoms with E-state index in [1.165, 1.54) is 6.07 Å². The van der Waals surface area contributed by atoms with Crippen LogP contribution < -0.4 is 16.6 Å². The van der Waals surface area contributed by atoms with Crippen molar-refractivity contribution in [3.63, 3.8) is 0 Å². The maximum absolute atomic E-state index is 12.3. The van der Waals surface area contributed by atoms with Gasteiger partial charge in [-0.05, 0) is 29.8 Å². The monoisotopic (exact) mass is 469 g/mol. The highest BCUT2D eigenvalue weighted by Gasteiger charge is 2.27. The van der Waals surface area contributed by atoms with Gasteiger partial charge < -0.3 is 11.5 Å². The SMILES string of the molecule is NC(=O)c1c(N)c(-c2ccccc2)cc(C#Cc2cccc(Br)c2)c1S(N)(=O)=O. The van der Waals surface area contributed by atoms with Gasteiger partial charge in [-0.3, -0.25) is 4.79 Å². The minimum atomic E-state index is -4.34. The first-order valence-electron chi connectivity index (χ1n) is 8.30. The van der Waals surface area contributed by atoms with Gasteiger partial charge in [-0.2, -0.15) is 0 Å². The lowest BCUT2D eigenvalue weighted by Gasteiger charge is -2.15. The van der Waals surface area contributed by atoms with E-state index in [1.54, 1.807) is 42.5 Å². The molecule has 0 radical (unpaired) electrons. The van der Waals surface area contributed by atoms with Crippen molar-refractivity contribution in [1.82, 2.24) is 0 Å². The molecule has 0 unspecified atom stereocenters. The molecule has 3 rings (SSSR count). The fourth-order valence-electron chi connectivity index (χ4n) is 2.87. The van der Waals surface area contributed by atoms with Gasteiger partial charge in [0.2, 0.25) is 10.0 Å². The zero-order valence-corrected chi connectivity index (χ0v) is 17.4. The first-order chi connectivity index (χ1) is 13.7. The molecule has 0 aromatic heterocycles. The lowest BCUT2D eigenvalue weighted by molar-refractivity contribution is 0.0998. The highest BCUT2D eigenvalue weighted by Crippen LogP contribution is 2.34. The Kier molecular flexibility index (Phi) is 5.75. The molecule has 0 heterocycles. The number of primary sulfonamides is 1. The predicted octanol–water partition coefficient (Wildman–Crippen LogP) is 2.84. The van der Waals surface area contributed by atoms with Crippen LogP contribution in [0.1, 0.15) is 21.5 Å². The van der Waals surface area contributed by atoms with E-state index in [9.17, 15) is 13.2 Å². The summed E-state index contributed by atoms with van der Waals surface area (Å²) >= 11 is 3.36. The van der Waals surface area contributed by atoms with Gasteiger partial charge in [0.25, 0.3) is 5.91 Å². The average molecular weight is 470 g/mol. The number of halogens is 1. The molecule has 0 fully saturated rings. The number of carbonyl (C=O) groups is 1. The van der Waals surface area contributed by atoms with Crippen molar-refractivity contribution in [3.05, 3.63) is 81.8 Å². The molecule has 0 aliphatic carbocycles.